The number of unbranched alkanes of at least 4 members (excludes halogenated alkanes) is 8. The number of rotatable bonds is 18. The molecule has 0 bridgehead atoms. The van der Waals surface area contributed by atoms with Crippen molar-refractivity contribution in [1.29, 1.82) is 0 Å². The molecule has 0 saturated carbocycles. The Morgan fingerprint density at radius 3 is 2.13 bits per heavy atom. The van der Waals surface area contributed by atoms with Crippen molar-refractivity contribution in [3.05, 3.63) is 42.5 Å². The summed E-state index contributed by atoms with van der Waals surface area (Å²) in [4.78, 5) is 34.2. The number of ketones is 1. The Bertz CT molecular complexity index is 659. The average molecular weight is 431 g/mol. The molecule has 172 valence electrons. The lowest BCUT2D eigenvalue weighted by Crippen LogP contribution is -2.27. The van der Waals surface area contributed by atoms with Crippen molar-refractivity contribution < 1.29 is 19.1 Å². The highest BCUT2D eigenvalue weighted by Gasteiger charge is 2.09. The van der Waals surface area contributed by atoms with E-state index >= 15 is 0 Å². The van der Waals surface area contributed by atoms with E-state index in [1.807, 2.05) is 30.3 Å². The van der Waals surface area contributed by atoms with Crippen molar-refractivity contribution in [3.8, 4) is 0 Å². The molecular formula is C25H38N2O4. The molecule has 0 radical (unpaired) electrons. The maximum Gasteiger partial charge on any atom is 0.287 e. The minimum absolute atomic E-state index is 0.101. The van der Waals surface area contributed by atoms with E-state index in [9.17, 15) is 14.4 Å². The van der Waals surface area contributed by atoms with Crippen LogP contribution in [0.15, 0.2) is 42.5 Å². The van der Waals surface area contributed by atoms with Gasteiger partial charge in [-0.25, -0.2) is 0 Å². The number of hydrogen-bond donors (Lipinski definition) is 2. The molecule has 1 rings (SSSR count). The Labute approximate surface area is 186 Å². The van der Waals surface area contributed by atoms with Crippen molar-refractivity contribution in [2.75, 3.05) is 25.6 Å². The number of amides is 2. The van der Waals surface area contributed by atoms with E-state index < -0.39 is 5.91 Å². The maximum absolute atomic E-state index is 11.7. The first-order valence-corrected chi connectivity index (χ1v) is 11.5. The van der Waals surface area contributed by atoms with Crippen LogP contribution in [0.5, 0.6) is 0 Å². The number of likely N-dealkylation sites (N-methyl/N-ethyl adjacent to an activating group) is 1. The van der Waals surface area contributed by atoms with Crippen molar-refractivity contribution >= 4 is 23.3 Å². The van der Waals surface area contributed by atoms with Gasteiger partial charge in [0.15, 0.2) is 0 Å². The van der Waals surface area contributed by atoms with E-state index in [4.69, 9.17) is 4.74 Å². The summed E-state index contributed by atoms with van der Waals surface area (Å²) in [6, 6.07) is 9.39. The molecule has 0 aliphatic rings. The fourth-order valence-corrected chi connectivity index (χ4v) is 3.09. The third-order valence-electron chi connectivity index (χ3n) is 4.87. The number of Topliss-reactive ketones (excluding diaryl/α,β-unsaturated/α-hetero) is 1. The van der Waals surface area contributed by atoms with Crippen LogP contribution >= 0.6 is 0 Å². The second-order valence-corrected chi connectivity index (χ2v) is 7.60. The van der Waals surface area contributed by atoms with Crippen LogP contribution in [0.4, 0.5) is 5.69 Å². The monoisotopic (exact) mass is 430 g/mol. The predicted molar refractivity (Wildman–Crippen MR) is 125 cm³/mol. The Kier molecular flexibility index (Phi) is 15.7. The van der Waals surface area contributed by atoms with Crippen molar-refractivity contribution in [3.63, 3.8) is 0 Å². The highest BCUT2D eigenvalue weighted by atomic mass is 16.5. The zero-order valence-corrected chi connectivity index (χ0v) is 18.9. The van der Waals surface area contributed by atoms with Crippen LogP contribution < -0.4 is 10.6 Å². The molecule has 6 nitrogen and oxygen atoms in total. The summed E-state index contributed by atoms with van der Waals surface area (Å²) in [7, 11) is 1.48. The van der Waals surface area contributed by atoms with Gasteiger partial charge in [0.1, 0.15) is 6.61 Å². The van der Waals surface area contributed by atoms with Crippen molar-refractivity contribution in [2.45, 2.75) is 70.6 Å². The fraction of sp³-hybridized carbons (Fsp3) is 0.560. The van der Waals surface area contributed by atoms with Crippen LogP contribution in [0.2, 0.25) is 0 Å². The first-order valence-electron chi connectivity index (χ1n) is 11.5. The number of carbonyl (C=O) groups is 3. The van der Waals surface area contributed by atoms with E-state index in [-0.39, 0.29) is 18.3 Å². The molecule has 1 aromatic rings. The zero-order valence-electron chi connectivity index (χ0n) is 18.9. The van der Waals surface area contributed by atoms with Gasteiger partial charge in [0.2, 0.25) is 11.7 Å². The second kappa shape index (κ2) is 18.3. The van der Waals surface area contributed by atoms with Gasteiger partial charge in [0.25, 0.3) is 5.91 Å². The molecule has 0 heterocycles. The van der Waals surface area contributed by atoms with Crippen LogP contribution in [0.1, 0.15) is 70.6 Å². The third kappa shape index (κ3) is 15.0. The van der Waals surface area contributed by atoms with Gasteiger partial charge < -0.3 is 15.4 Å². The smallest absolute Gasteiger partial charge is 0.287 e. The fourth-order valence-electron chi connectivity index (χ4n) is 3.09. The summed E-state index contributed by atoms with van der Waals surface area (Å²) < 4.78 is 5.44. The SMILES string of the molecule is CNC(=O)C(=O)CCCCC/C=C\CCCCCCCOCC(=O)Nc1ccccc1. The van der Waals surface area contributed by atoms with Gasteiger partial charge >= 0.3 is 0 Å². The molecule has 31 heavy (non-hydrogen) atoms. The Hall–Kier alpha value is -2.47. The quantitative estimate of drug-likeness (QED) is 0.199. The van der Waals surface area contributed by atoms with E-state index in [0.29, 0.717) is 13.0 Å². The minimum atomic E-state index is -0.487. The molecule has 6 heteroatoms. The predicted octanol–water partition coefficient (Wildman–Crippen LogP) is 4.80. The Morgan fingerprint density at radius 1 is 0.839 bits per heavy atom. The zero-order chi connectivity index (χ0) is 22.6. The van der Waals surface area contributed by atoms with E-state index in [1.54, 1.807) is 0 Å². The molecule has 0 aromatic heterocycles. The molecule has 0 unspecified atom stereocenters. The number of hydrogen-bond acceptors (Lipinski definition) is 4. The lowest BCUT2D eigenvalue weighted by Gasteiger charge is -2.06. The van der Waals surface area contributed by atoms with Gasteiger partial charge in [-0.15, -0.1) is 0 Å². The van der Waals surface area contributed by atoms with Gasteiger partial charge in [-0.3, -0.25) is 14.4 Å². The number of anilines is 1. The number of para-hydroxylation sites is 1. The number of carbonyl (C=O) groups excluding carboxylic acids is 3. The van der Waals surface area contributed by atoms with E-state index in [1.165, 1.54) is 26.3 Å². The number of allylic oxidation sites excluding steroid dienone is 2. The number of benzene rings is 1. The highest BCUT2D eigenvalue weighted by Crippen LogP contribution is 2.09. The lowest BCUT2D eigenvalue weighted by atomic mass is 10.1. The summed E-state index contributed by atoms with van der Waals surface area (Å²) in [5, 5.41) is 5.16. The standard InChI is InChI=1S/C25H38N2O4/c1-26-25(30)23(28)19-15-10-8-6-4-2-3-5-7-9-11-16-20-31-21-24(29)27-22-17-13-12-14-18-22/h2,4,12-14,17-18H,3,5-11,15-16,19-21H2,1H3,(H,26,30)(H,27,29)/b4-2-. The summed E-state index contributed by atoms with van der Waals surface area (Å²) in [5.41, 5.74) is 0.791. The lowest BCUT2D eigenvalue weighted by molar-refractivity contribution is -0.137. The van der Waals surface area contributed by atoms with Gasteiger partial charge in [-0.1, -0.05) is 56.0 Å². The molecule has 0 aliphatic heterocycles. The first-order chi connectivity index (χ1) is 15.1. The van der Waals surface area contributed by atoms with Gasteiger partial charge in [0, 0.05) is 25.8 Å². The van der Waals surface area contributed by atoms with Crippen LogP contribution in [-0.4, -0.2) is 37.9 Å². The van der Waals surface area contributed by atoms with Crippen LogP contribution in [0.3, 0.4) is 0 Å². The number of nitrogens with one attached hydrogen (secondary N) is 2. The molecule has 0 atom stereocenters. The molecule has 0 saturated heterocycles. The molecule has 0 fully saturated rings. The van der Waals surface area contributed by atoms with E-state index in [2.05, 4.69) is 22.8 Å². The second-order valence-electron chi connectivity index (χ2n) is 7.60. The molecule has 2 amide bonds. The Morgan fingerprint density at radius 2 is 1.45 bits per heavy atom. The normalized spacial score (nSPS) is 10.9. The van der Waals surface area contributed by atoms with Crippen LogP contribution in [0.25, 0.3) is 0 Å². The molecule has 0 spiro atoms. The summed E-state index contributed by atoms with van der Waals surface area (Å²) in [5.74, 6) is -0.924. The first kappa shape index (κ1) is 26.6. The summed E-state index contributed by atoms with van der Waals surface area (Å²) in [6.45, 7) is 0.723. The molecule has 0 aliphatic carbocycles. The van der Waals surface area contributed by atoms with Crippen molar-refractivity contribution in [1.82, 2.24) is 5.32 Å². The highest BCUT2D eigenvalue weighted by molar-refractivity contribution is 6.36. The summed E-state index contributed by atoms with van der Waals surface area (Å²) >= 11 is 0. The largest absolute Gasteiger partial charge is 0.372 e. The summed E-state index contributed by atoms with van der Waals surface area (Å²) in [6.07, 6.45) is 15.4. The van der Waals surface area contributed by atoms with E-state index in [0.717, 1.165) is 50.6 Å². The molecular weight excluding hydrogens is 392 g/mol. The molecule has 2 N–H and O–H groups in total. The third-order valence-corrected chi connectivity index (χ3v) is 4.87. The van der Waals surface area contributed by atoms with Crippen LogP contribution in [-0.2, 0) is 19.1 Å². The Balaban J connectivity index is 1.82. The van der Waals surface area contributed by atoms with Gasteiger partial charge in [0.05, 0.1) is 0 Å². The average Bonchev–Trinajstić information content (AvgIpc) is 2.78. The topological polar surface area (TPSA) is 84.5 Å². The van der Waals surface area contributed by atoms with Gasteiger partial charge in [-0.2, -0.15) is 0 Å². The van der Waals surface area contributed by atoms with Crippen LogP contribution in [0, 0.1) is 0 Å². The molecule has 1 aromatic carbocycles. The maximum atomic E-state index is 11.7. The van der Waals surface area contributed by atoms with Gasteiger partial charge in [-0.05, 0) is 50.7 Å². The minimum Gasteiger partial charge on any atom is -0.372 e. The van der Waals surface area contributed by atoms with Crippen molar-refractivity contribution in [2.24, 2.45) is 0 Å². The number of ether oxygens (including phenoxy) is 1.